The van der Waals surface area contributed by atoms with E-state index in [1.54, 1.807) is 13.0 Å². The van der Waals surface area contributed by atoms with Crippen LogP contribution in [0.5, 0.6) is 0 Å². The maximum atomic E-state index is 11.8. The molecule has 6 nitrogen and oxygen atoms in total. The molecule has 0 heterocycles. The molecular formula is C12H19N3O3S. The first-order valence-corrected chi connectivity index (χ1v) is 7.50. The van der Waals surface area contributed by atoms with Gasteiger partial charge in [0.1, 0.15) is 0 Å². The fourth-order valence-corrected chi connectivity index (χ4v) is 2.53. The highest BCUT2D eigenvalue weighted by molar-refractivity contribution is 7.89. The Labute approximate surface area is 113 Å². The van der Waals surface area contributed by atoms with Gasteiger partial charge in [-0.05, 0) is 31.0 Å². The Morgan fingerprint density at radius 3 is 2.58 bits per heavy atom. The third kappa shape index (κ3) is 4.02. The summed E-state index contributed by atoms with van der Waals surface area (Å²) in [5.74, 6) is -0.337. The van der Waals surface area contributed by atoms with Crippen LogP contribution in [0.1, 0.15) is 25.3 Å². The number of rotatable bonds is 5. The summed E-state index contributed by atoms with van der Waals surface area (Å²) in [5.41, 5.74) is 6.50. The number of nitrogens with one attached hydrogen (secondary N) is 1. The zero-order valence-electron chi connectivity index (χ0n) is 11.0. The zero-order chi connectivity index (χ0) is 14.6. The van der Waals surface area contributed by atoms with Gasteiger partial charge in [0.2, 0.25) is 15.9 Å². The standard InChI is InChI=1S/C12H19N3O3S/c1-3-5-9(13)12(16)15-10-6-4-7-11(8(10)2)19(14,17)18/h4,6-7,9H,3,5,13H2,1-2H3,(H,15,16)(H2,14,17,18)/t9-/m1/s1. The Balaban J connectivity index is 3.01. The Kier molecular flexibility index (Phi) is 5.04. The highest BCUT2D eigenvalue weighted by Crippen LogP contribution is 2.22. The number of carbonyl (C=O) groups is 1. The van der Waals surface area contributed by atoms with E-state index in [-0.39, 0.29) is 10.8 Å². The smallest absolute Gasteiger partial charge is 0.241 e. The number of primary sulfonamides is 1. The van der Waals surface area contributed by atoms with E-state index in [1.807, 2.05) is 6.92 Å². The van der Waals surface area contributed by atoms with Gasteiger partial charge in [0, 0.05) is 5.69 Å². The van der Waals surface area contributed by atoms with Crippen molar-refractivity contribution < 1.29 is 13.2 Å². The predicted octanol–water partition coefficient (Wildman–Crippen LogP) is 0.708. The van der Waals surface area contributed by atoms with Crippen LogP contribution >= 0.6 is 0 Å². The minimum absolute atomic E-state index is 0.00522. The van der Waals surface area contributed by atoms with Crippen LogP contribution in [0.4, 0.5) is 5.69 Å². The van der Waals surface area contributed by atoms with Crippen molar-refractivity contribution in [1.82, 2.24) is 0 Å². The van der Waals surface area contributed by atoms with Gasteiger partial charge >= 0.3 is 0 Å². The molecule has 1 aromatic rings. The van der Waals surface area contributed by atoms with Crippen molar-refractivity contribution in [2.24, 2.45) is 10.9 Å². The van der Waals surface area contributed by atoms with E-state index >= 15 is 0 Å². The minimum Gasteiger partial charge on any atom is -0.324 e. The van der Waals surface area contributed by atoms with Gasteiger partial charge in [-0.2, -0.15) is 0 Å². The van der Waals surface area contributed by atoms with Crippen LogP contribution in [-0.4, -0.2) is 20.4 Å². The molecule has 0 aromatic heterocycles. The monoisotopic (exact) mass is 285 g/mol. The Hall–Kier alpha value is -1.44. The Bertz CT molecular complexity index is 570. The van der Waals surface area contributed by atoms with Crippen molar-refractivity contribution in [2.75, 3.05) is 5.32 Å². The number of sulfonamides is 1. The first-order chi connectivity index (χ1) is 8.77. The summed E-state index contributed by atoms with van der Waals surface area (Å²) in [6.07, 6.45) is 1.37. The van der Waals surface area contributed by atoms with E-state index in [9.17, 15) is 13.2 Å². The van der Waals surface area contributed by atoms with Crippen molar-refractivity contribution >= 4 is 21.6 Å². The van der Waals surface area contributed by atoms with E-state index in [0.29, 0.717) is 17.7 Å². The second-order valence-electron chi connectivity index (χ2n) is 4.36. The molecule has 0 aliphatic carbocycles. The molecule has 1 rings (SSSR count). The van der Waals surface area contributed by atoms with Gasteiger partial charge in [-0.15, -0.1) is 0 Å². The first kappa shape index (κ1) is 15.6. The Morgan fingerprint density at radius 1 is 1.42 bits per heavy atom. The van der Waals surface area contributed by atoms with Gasteiger partial charge < -0.3 is 11.1 Å². The molecule has 0 spiro atoms. The lowest BCUT2D eigenvalue weighted by Gasteiger charge is -2.14. The molecule has 0 saturated carbocycles. The van der Waals surface area contributed by atoms with Crippen LogP contribution < -0.4 is 16.2 Å². The molecule has 0 aliphatic rings. The molecule has 0 aliphatic heterocycles. The maximum Gasteiger partial charge on any atom is 0.241 e. The summed E-state index contributed by atoms with van der Waals surface area (Å²) in [7, 11) is -3.80. The molecular weight excluding hydrogens is 266 g/mol. The molecule has 0 unspecified atom stereocenters. The van der Waals surface area contributed by atoms with Gasteiger partial charge in [0.05, 0.1) is 10.9 Å². The third-order valence-electron chi connectivity index (χ3n) is 2.78. The van der Waals surface area contributed by atoms with E-state index in [0.717, 1.165) is 6.42 Å². The highest BCUT2D eigenvalue weighted by atomic mass is 32.2. The molecule has 0 bridgehead atoms. The SMILES string of the molecule is CCC[C@@H](N)C(=O)Nc1cccc(S(N)(=O)=O)c1C. The summed E-state index contributed by atoms with van der Waals surface area (Å²) in [4.78, 5) is 11.8. The van der Waals surface area contributed by atoms with Gasteiger partial charge in [-0.3, -0.25) is 4.79 Å². The summed E-state index contributed by atoms with van der Waals surface area (Å²) in [6.45, 7) is 3.51. The molecule has 106 valence electrons. The summed E-state index contributed by atoms with van der Waals surface area (Å²) < 4.78 is 22.7. The molecule has 1 atom stereocenters. The summed E-state index contributed by atoms with van der Waals surface area (Å²) in [6, 6.07) is 3.92. The van der Waals surface area contributed by atoms with E-state index in [2.05, 4.69) is 5.32 Å². The average Bonchev–Trinajstić information content (AvgIpc) is 2.30. The molecule has 1 amide bonds. The molecule has 19 heavy (non-hydrogen) atoms. The number of nitrogens with two attached hydrogens (primary N) is 2. The van der Waals surface area contributed by atoms with Crippen molar-refractivity contribution in [1.29, 1.82) is 0 Å². The number of hydrogen-bond acceptors (Lipinski definition) is 4. The van der Waals surface area contributed by atoms with Crippen molar-refractivity contribution in [3.8, 4) is 0 Å². The maximum absolute atomic E-state index is 11.8. The molecule has 7 heteroatoms. The highest BCUT2D eigenvalue weighted by Gasteiger charge is 2.17. The number of benzene rings is 1. The van der Waals surface area contributed by atoms with E-state index in [4.69, 9.17) is 10.9 Å². The normalized spacial score (nSPS) is 13.1. The largest absolute Gasteiger partial charge is 0.324 e. The van der Waals surface area contributed by atoms with E-state index in [1.165, 1.54) is 12.1 Å². The van der Waals surface area contributed by atoms with Crippen LogP contribution in [0.25, 0.3) is 0 Å². The molecule has 0 radical (unpaired) electrons. The van der Waals surface area contributed by atoms with Gasteiger partial charge in [0.15, 0.2) is 0 Å². The predicted molar refractivity (Wildman–Crippen MR) is 74.1 cm³/mol. The topological polar surface area (TPSA) is 115 Å². The summed E-state index contributed by atoms with van der Waals surface area (Å²) in [5, 5.41) is 7.72. The fourth-order valence-electron chi connectivity index (χ4n) is 1.73. The molecule has 0 fully saturated rings. The fraction of sp³-hybridized carbons (Fsp3) is 0.417. The lowest BCUT2D eigenvalue weighted by Crippen LogP contribution is -2.35. The lowest BCUT2D eigenvalue weighted by molar-refractivity contribution is -0.117. The van der Waals surface area contributed by atoms with Crippen LogP contribution in [0, 0.1) is 6.92 Å². The second kappa shape index (κ2) is 6.14. The molecule has 1 aromatic carbocycles. The molecule has 5 N–H and O–H groups in total. The third-order valence-corrected chi connectivity index (χ3v) is 3.84. The summed E-state index contributed by atoms with van der Waals surface area (Å²) >= 11 is 0. The second-order valence-corrected chi connectivity index (χ2v) is 5.89. The van der Waals surface area contributed by atoms with Crippen molar-refractivity contribution in [2.45, 2.75) is 37.6 Å². The van der Waals surface area contributed by atoms with Crippen LogP contribution in [0.2, 0.25) is 0 Å². The zero-order valence-corrected chi connectivity index (χ0v) is 11.8. The number of hydrogen-bond donors (Lipinski definition) is 3. The van der Waals surface area contributed by atoms with Crippen LogP contribution in [0.3, 0.4) is 0 Å². The number of amides is 1. The van der Waals surface area contributed by atoms with Crippen molar-refractivity contribution in [3.05, 3.63) is 23.8 Å². The van der Waals surface area contributed by atoms with Gasteiger partial charge in [-0.25, -0.2) is 13.6 Å². The minimum atomic E-state index is -3.80. The van der Waals surface area contributed by atoms with E-state index < -0.39 is 16.1 Å². The van der Waals surface area contributed by atoms with Crippen molar-refractivity contribution in [3.63, 3.8) is 0 Å². The number of carbonyl (C=O) groups excluding carboxylic acids is 1. The van der Waals surface area contributed by atoms with Crippen LogP contribution in [0.15, 0.2) is 23.1 Å². The molecule has 0 saturated heterocycles. The van der Waals surface area contributed by atoms with Gasteiger partial charge in [0.25, 0.3) is 0 Å². The lowest BCUT2D eigenvalue weighted by atomic mass is 10.1. The first-order valence-electron chi connectivity index (χ1n) is 5.96. The number of anilines is 1. The Morgan fingerprint density at radius 2 is 2.05 bits per heavy atom. The average molecular weight is 285 g/mol. The quantitative estimate of drug-likeness (QED) is 0.738. The van der Waals surface area contributed by atoms with Gasteiger partial charge in [-0.1, -0.05) is 19.4 Å². The van der Waals surface area contributed by atoms with Crippen LogP contribution in [-0.2, 0) is 14.8 Å².